The topological polar surface area (TPSA) is 28.1 Å². The van der Waals surface area contributed by atoms with Crippen molar-refractivity contribution < 1.29 is 4.74 Å². The molecular weight excluding hydrogens is 334 g/mol. The van der Waals surface area contributed by atoms with Crippen LogP contribution in [0.3, 0.4) is 0 Å². The smallest absolute Gasteiger partial charge is 0.292 e. The van der Waals surface area contributed by atoms with Crippen LogP contribution in [0.5, 0.6) is 0 Å². The van der Waals surface area contributed by atoms with E-state index in [1.165, 1.54) is 5.56 Å². The lowest BCUT2D eigenvalue weighted by molar-refractivity contribution is 0.339. The number of ether oxygens (including phenoxy) is 1. The molecule has 1 aliphatic rings. The van der Waals surface area contributed by atoms with Gasteiger partial charge in [-0.2, -0.15) is 0 Å². The fourth-order valence-electron chi connectivity index (χ4n) is 3.06. The van der Waals surface area contributed by atoms with Crippen LogP contribution in [0.4, 0.5) is 17.1 Å². The fraction of sp³-hybridized carbons (Fsp3) is 0.350. The van der Waals surface area contributed by atoms with Crippen molar-refractivity contribution >= 4 is 34.7 Å². The first-order valence-corrected chi connectivity index (χ1v) is 9.08. The average Bonchev–Trinajstić information content (AvgIpc) is 3.16. The highest BCUT2D eigenvalue weighted by atomic mass is 35.5. The minimum Gasteiger partial charge on any atom is -0.463 e. The normalized spacial score (nSPS) is 13.4. The molecule has 25 heavy (non-hydrogen) atoms. The Hall–Kier alpha value is -2.20. The number of rotatable bonds is 5. The van der Waals surface area contributed by atoms with Crippen LogP contribution in [0.25, 0.3) is 0 Å². The third kappa shape index (κ3) is 3.74. The average molecular weight is 358 g/mol. The highest BCUT2D eigenvalue weighted by Crippen LogP contribution is 2.31. The molecule has 2 aromatic carbocycles. The van der Waals surface area contributed by atoms with Gasteiger partial charge in [0.25, 0.3) is 6.02 Å². The first-order chi connectivity index (χ1) is 12.1. The summed E-state index contributed by atoms with van der Waals surface area (Å²) in [7, 11) is 2.06. The van der Waals surface area contributed by atoms with Crippen molar-refractivity contribution in [2.75, 3.05) is 36.5 Å². The Morgan fingerprint density at radius 3 is 2.56 bits per heavy atom. The fourth-order valence-corrected chi connectivity index (χ4v) is 3.24. The van der Waals surface area contributed by atoms with Crippen molar-refractivity contribution in [3.63, 3.8) is 0 Å². The first kappa shape index (κ1) is 17.6. The van der Waals surface area contributed by atoms with Gasteiger partial charge in [0.05, 0.1) is 6.54 Å². The summed E-state index contributed by atoms with van der Waals surface area (Å²) in [4.78, 5) is 8.76. The number of aliphatic imine (C=N–C) groups is 1. The molecule has 4 nitrogen and oxygen atoms in total. The Balaban J connectivity index is 1.93. The van der Waals surface area contributed by atoms with E-state index < -0.39 is 0 Å². The second kappa shape index (κ2) is 7.79. The first-order valence-electron chi connectivity index (χ1n) is 8.71. The maximum Gasteiger partial charge on any atom is 0.292 e. The molecule has 132 valence electrons. The van der Waals surface area contributed by atoms with Crippen LogP contribution in [-0.4, -0.2) is 32.8 Å². The molecule has 0 unspecified atom stereocenters. The van der Waals surface area contributed by atoms with Crippen LogP contribution >= 0.6 is 11.6 Å². The number of anilines is 3. The van der Waals surface area contributed by atoms with Gasteiger partial charge in [-0.1, -0.05) is 24.6 Å². The molecule has 0 N–H and O–H groups in total. The Labute approximate surface area is 154 Å². The number of benzene rings is 2. The summed E-state index contributed by atoms with van der Waals surface area (Å²) in [5.41, 5.74) is 4.63. The Morgan fingerprint density at radius 2 is 1.92 bits per heavy atom. The van der Waals surface area contributed by atoms with E-state index in [2.05, 4.69) is 60.0 Å². The molecule has 1 heterocycles. The van der Waals surface area contributed by atoms with Crippen molar-refractivity contribution in [1.82, 2.24) is 0 Å². The van der Waals surface area contributed by atoms with Gasteiger partial charge in [0, 0.05) is 35.7 Å². The molecule has 3 rings (SSSR count). The van der Waals surface area contributed by atoms with E-state index in [4.69, 9.17) is 16.3 Å². The molecule has 0 spiro atoms. The molecule has 0 aliphatic carbocycles. The van der Waals surface area contributed by atoms with Crippen LogP contribution in [0, 0.1) is 0 Å². The van der Waals surface area contributed by atoms with Gasteiger partial charge in [-0.25, -0.2) is 4.99 Å². The minimum atomic E-state index is 0.670. The monoisotopic (exact) mass is 357 g/mol. The number of hydrogen-bond acceptors (Lipinski definition) is 4. The Morgan fingerprint density at radius 1 is 1.12 bits per heavy atom. The van der Waals surface area contributed by atoms with E-state index in [-0.39, 0.29) is 0 Å². The summed E-state index contributed by atoms with van der Waals surface area (Å²) < 4.78 is 5.67. The van der Waals surface area contributed by atoms with E-state index in [9.17, 15) is 0 Å². The second-order valence-corrected chi connectivity index (χ2v) is 6.40. The molecule has 0 atom stereocenters. The highest BCUT2D eigenvalue weighted by Gasteiger charge is 2.20. The molecule has 0 radical (unpaired) electrons. The number of aryl methyl sites for hydroxylation is 1. The van der Waals surface area contributed by atoms with Gasteiger partial charge in [0.1, 0.15) is 6.61 Å². The molecule has 0 aromatic heterocycles. The minimum absolute atomic E-state index is 0.670. The summed E-state index contributed by atoms with van der Waals surface area (Å²) in [5.74, 6) is 0. The van der Waals surface area contributed by atoms with E-state index >= 15 is 0 Å². The van der Waals surface area contributed by atoms with Gasteiger partial charge < -0.3 is 9.64 Å². The van der Waals surface area contributed by atoms with E-state index in [0.29, 0.717) is 6.61 Å². The van der Waals surface area contributed by atoms with Crippen molar-refractivity contribution in [1.29, 1.82) is 0 Å². The molecule has 0 amide bonds. The lowest BCUT2D eigenvalue weighted by Gasteiger charge is -2.26. The zero-order valence-corrected chi connectivity index (χ0v) is 15.8. The largest absolute Gasteiger partial charge is 0.463 e. The maximum atomic E-state index is 6.13. The predicted octanol–water partition coefficient (Wildman–Crippen LogP) is 4.88. The second-order valence-electron chi connectivity index (χ2n) is 5.96. The molecule has 0 saturated carbocycles. The van der Waals surface area contributed by atoms with Crippen molar-refractivity contribution in [2.24, 2.45) is 4.99 Å². The molecule has 2 aromatic rings. The summed E-state index contributed by atoms with van der Waals surface area (Å²) in [6.45, 7) is 6.53. The quantitative estimate of drug-likeness (QED) is 0.763. The number of nitrogens with zero attached hydrogens (tertiary/aromatic N) is 3. The number of amidine groups is 1. The third-order valence-corrected chi connectivity index (χ3v) is 4.67. The molecule has 1 aliphatic heterocycles. The Bertz CT molecular complexity index is 775. The Kier molecular flexibility index (Phi) is 5.49. The summed E-state index contributed by atoms with van der Waals surface area (Å²) >= 11 is 6.13. The maximum absolute atomic E-state index is 6.13. The van der Waals surface area contributed by atoms with Gasteiger partial charge in [-0.3, -0.25) is 4.90 Å². The molecule has 0 saturated heterocycles. The van der Waals surface area contributed by atoms with Crippen LogP contribution in [0.1, 0.15) is 19.4 Å². The molecule has 0 bridgehead atoms. The standard InChI is InChI=1S/C20H24ClN3O/c1-4-15-13-18(23(3)17-8-6-7-16(21)14-17)9-10-19(15)24(5-2)20-22-11-12-25-20/h6-10,13-14H,4-5,11-12H2,1-3H3. The predicted molar refractivity (Wildman–Crippen MR) is 107 cm³/mol. The third-order valence-electron chi connectivity index (χ3n) is 4.43. The van der Waals surface area contributed by atoms with Gasteiger partial charge >= 0.3 is 0 Å². The zero-order chi connectivity index (χ0) is 17.8. The summed E-state index contributed by atoms with van der Waals surface area (Å²) in [5, 5.41) is 0.741. The molecular formula is C20H24ClN3O. The van der Waals surface area contributed by atoms with Crippen LogP contribution in [-0.2, 0) is 11.2 Å². The zero-order valence-electron chi connectivity index (χ0n) is 15.0. The van der Waals surface area contributed by atoms with Gasteiger partial charge in [0.2, 0.25) is 0 Å². The highest BCUT2D eigenvalue weighted by molar-refractivity contribution is 6.30. The van der Waals surface area contributed by atoms with Gasteiger partial charge in [-0.05, 0) is 55.3 Å². The van der Waals surface area contributed by atoms with Crippen molar-refractivity contribution in [3.05, 3.63) is 53.1 Å². The van der Waals surface area contributed by atoms with Crippen molar-refractivity contribution in [3.8, 4) is 0 Å². The van der Waals surface area contributed by atoms with E-state index in [0.717, 1.165) is 47.6 Å². The molecule has 5 heteroatoms. The molecule has 0 fully saturated rings. The van der Waals surface area contributed by atoms with E-state index in [1.807, 2.05) is 18.2 Å². The SMILES string of the molecule is CCc1cc(N(C)c2cccc(Cl)c2)ccc1N(CC)C1=NCCO1. The lowest BCUT2D eigenvalue weighted by Crippen LogP contribution is -2.31. The van der Waals surface area contributed by atoms with Crippen molar-refractivity contribution in [2.45, 2.75) is 20.3 Å². The van der Waals surface area contributed by atoms with E-state index in [1.54, 1.807) is 0 Å². The van der Waals surface area contributed by atoms with Gasteiger partial charge in [0.15, 0.2) is 0 Å². The van der Waals surface area contributed by atoms with Gasteiger partial charge in [-0.15, -0.1) is 0 Å². The van der Waals surface area contributed by atoms with Crippen LogP contribution < -0.4 is 9.80 Å². The summed E-state index contributed by atoms with van der Waals surface area (Å²) in [6.07, 6.45) is 0.941. The lowest BCUT2D eigenvalue weighted by atomic mass is 10.1. The number of halogens is 1. The van der Waals surface area contributed by atoms with Crippen LogP contribution in [0.2, 0.25) is 5.02 Å². The summed E-state index contributed by atoms with van der Waals surface area (Å²) in [6, 6.07) is 15.1. The number of hydrogen-bond donors (Lipinski definition) is 0. The van der Waals surface area contributed by atoms with Crippen LogP contribution in [0.15, 0.2) is 47.5 Å².